The van der Waals surface area contributed by atoms with Crippen molar-refractivity contribution >= 4 is 5.91 Å². The normalized spacial score (nSPS) is 13.9. The number of hydrogen-bond acceptors (Lipinski definition) is 2. The zero-order chi connectivity index (χ0) is 15.5. The Labute approximate surface area is 130 Å². The van der Waals surface area contributed by atoms with E-state index in [0.29, 0.717) is 18.0 Å². The van der Waals surface area contributed by atoms with E-state index in [4.69, 9.17) is 0 Å². The summed E-state index contributed by atoms with van der Waals surface area (Å²) in [5.74, 6) is 0.656. The number of carbonyl (C=O) groups excluding carboxylic acids is 1. The van der Waals surface area contributed by atoms with Crippen molar-refractivity contribution < 1.29 is 4.79 Å². The summed E-state index contributed by atoms with van der Waals surface area (Å²) < 4.78 is 1.53. The maximum Gasteiger partial charge on any atom is 0.255 e. The van der Waals surface area contributed by atoms with Gasteiger partial charge in [0, 0.05) is 31.0 Å². The second kappa shape index (κ2) is 6.18. The molecule has 4 nitrogen and oxygen atoms in total. The van der Waals surface area contributed by atoms with Gasteiger partial charge in [-0.05, 0) is 43.9 Å². The minimum atomic E-state index is -0.131. The summed E-state index contributed by atoms with van der Waals surface area (Å²) in [6, 6.07) is 12.5. The summed E-state index contributed by atoms with van der Waals surface area (Å²) in [4.78, 5) is 26.6. The number of hydrogen-bond donors (Lipinski definition) is 0. The summed E-state index contributed by atoms with van der Waals surface area (Å²) in [5, 5.41) is 0. The molecule has 0 atom stereocenters. The highest BCUT2D eigenvalue weighted by Crippen LogP contribution is 2.30. The largest absolute Gasteiger partial charge is 0.339 e. The summed E-state index contributed by atoms with van der Waals surface area (Å²) in [5.41, 5.74) is 1.20. The van der Waals surface area contributed by atoms with Gasteiger partial charge in [0.25, 0.3) is 11.5 Å². The molecule has 1 aromatic carbocycles. The van der Waals surface area contributed by atoms with Crippen molar-refractivity contribution in [1.82, 2.24) is 9.47 Å². The van der Waals surface area contributed by atoms with Gasteiger partial charge in [0.2, 0.25) is 0 Å². The minimum absolute atomic E-state index is 0.000851. The quantitative estimate of drug-likeness (QED) is 0.851. The molecule has 4 heteroatoms. The Kier molecular flexibility index (Phi) is 4.09. The molecule has 1 amide bonds. The third-order valence-corrected chi connectivity index (χ3v) is 4.04. The second-order valence-corrected chi connectivity index (χ2v) is 5.75. The third-order valence-electron chi connectivity index (χ3n) is 4.04. The van der Waals surface area contributed by atoms with Gasteiger partial charge < -0.3 is 4.90 Å². The Balaban J connectivity index is 1.91. The van der Waals surface area contributed by atoms with Crippen molar-refractivity contribution in [1.29, 1.82) is 0 Å². The van der Waals surface area contributed by atoms with Gasteiger partial charge in [-0.2, -0.15) is 0 Å². The van der Waals surface area contributed by atoms with Crippen molar-refractivity contribution in [2.24, 2.45) is 5.92 Å². The SMILES string of the molecule is CCN(CC1CC1)C(=O)c1ccc(=O)n(-c2ccccc2)c1. The van der Waals surface area contributed by atoms with Crippen LogP contribution in [0.2, 0.25) is 0 Å². The van der Waals surface area contributed by atoms with Crippen molar-refractivity contribution in [2.45, 2.75) is 19.8 Å². The molecule has 1 heterocycles. The number of benzene rings is 1. The molecule has 1 aromatic heterocycles. The van der Waals surface area contributed by atoms with E-state index in [1.165, 1.54) is 23.5 Å². The first-order chi connectivity index (χ1) is 10.7. The highest BCUT2D eigenvalue weighted by Gasteiger charge is 2.26. The Morgan fingerprint density at radius 3 is 2.55 bits per heavy atom. The molecule has 2 aromatic rings. The van der Waals surface area contributed by atoms with E-state index in [1.807, 2.05) is 42.2 Å². The molecule has 0 spiro atoms. The lowest BCUT2D eigenvalue weighted by Crippen LogP contribution is -2.33. The maximum atomic E-state index is 12.6. The van der Waals surface area contributed by atoms with Crippen molar-refractivity contribution in [3.63, 3.8) is 0 Å². The number of nitrogens with zero attached hydrogens (tertiary/aromatic N) is 2. The second-order valence-electron chi connectivity index (χ2n) is 5.75. The molecule has 3 rings (SSSR count). The Morgan fingerprint density at radius 2 is 1.91 bits per heavy atom. The predicted molar refractivity (Wildman–Crippen MR) is 86.3 cm³/mol. The predicted octanol–water partition coefficient (Wildman–Crippen LogP) is 2.71. The fourth-order valence-corrected chi connectivity index (χ4v) is 2.55. The van der Waals surface area contributed by atoms with Crippen LogP contribution in [0, 0.1) is 5.92 Å². The van der Waals surface area contributed by atoms with Crippen LogP contribution in [0.3, 0.4) is 0 Å². The zero-order valence-electron chi connectivity index (χ0n) is 12.7. The first-order valence-corrected chi connectivity index (χ1v) is 7.76. The molecule has 22 heavy (non-hydrogen) atoms. The van der Waals surface area contributed by atoms with E-state index in [9.17, 15) is 9.59 Å². The zero-order valence-corrected chi connectivity index (χ0v) is 12.7. The third kappa shape index (κ3) is 3.11. The van der Waals surface area contributed by atoms with Gasteiger partial charge in [-0.3, -0.25) is 14.2 Å². The minimum Gasteiger partial charge on any atom is -0.339 e. The molecule has 0 saturated heterocycles. The molecule has 0 bridgehead atoms. The van der Waals surface area contributed by atoms with Crippen LogP contribution in [0.15, 0.2) is 53.5 Å². The lowest BCUT2D eigenvalue weighted by atomic mass is 10.2. The highest BCUT2D eigenvalue weighted by molar-refractivity contribution is 5.94. The number of rotatable bonds is 5. The number of pyridine rings is 1. The van der Waals surface area contributed by atoms with Crippen LogP contribution in [-0.2, 0) is 0 Å². The summed E-state index contributed by atoms with van der Waals surface area (Å²) in [6.45, 7) is 3.51. The summed E-state index contributed by atoms with van der Waals surface area (Å²) in [6.07, 6.45) is 4.08. The van der Waals surface area contributed by atoms with Crippen LogP contribution >= 0.6 is 0 Å². The Bertz CT molecular complexity index is 717. The van der Waals surface area contributed by atoms with Gasteiger partial charge in [0.15, 0.2) is 0 Å². The van der Waals surface area contributed by atoms with Crippen LogP contribution < -0.4 is 5.56 Å². The van der Waals surface area contributed by atoms with E-state index in [1.54, 1.807) is 12.3 Å². The summed E-state index contributed by atoms with van der Waals surface area (Å²) in [7, 11) is 0. The Hall–Kier alpha value is -2.36. The lowest BCUT2D eigenvalue weighted by molar-refractivity contribution is 0.0756. The smallest absolute Gasteiger partial charge is 0.255 e. The van der Waals surface area contributed by atoms with Crippen LogP contribution in [0.4, 0.5) is 0 Å². The van der Waals surface area contributed by atoms with Crippen LogP contribution in [0.25, 0.3) is 5.69 Å². The molecular formula is C18H20N2O2. The molecule has 1 aliphatic carbocycles. The van der Waals surface area contributed by atoms with E-state index in [2.05, 4.69) is 0 Å². The fourth-order valence-electron chi connectivity index (χ4n) is 2.55. The standard InChI is InChI=1S/C18H20N2O2/c1-2-19(12-14-8-9-14)18(22)15-10-11-17(21)20(13-15)16-6-4-3-5-7-16/h3-7,10-11,13-14H,2,8-9,12H2,1H3. The van der Waals surface area contributed by atoms with E-state index in [-0.39, 0.29) is 11.5 Å². The number of aromatic nitrogens is 1. The van der Waals surface area contributed by atoms with Gasteiger partial charge in [-0.15, -0.1) is 0 Å². The van der Waals surface area contributed by atoms with Crippen molar-refractivity contribution in [3.8, 4) is 5.69 Å². The number of carbonyl (C=O) groups is 1. The molecule has 114 valence electrons. The molecule has 0 aliphatic heterocycles. The topological polar surface area (TPSA) is 42.3 Å². The summed E-state index contributed by atoms with van der Waals surface area (Å²) >= 11 is 0. The lowest BCUT2D eigenvalue weighted by Gasteiger charge is -2.21. The van der Waals surface area contributed by atoms with Gasteiger partial charge in [-0.1, -0.05) is 18.2 Å². The van der Waals surface area contributed by atoms with E-state index >= 15 is 0 Å². The number of amides is 1. The average Bonchev–Trinajstić information content (AvgIpc) is 3.37. The first kappa shape index (κ1) is 14.6. The Morgan fingerprint density at radius 1 is 1.18 bits per heavy atom. The molecule has 1 fully saturated rings. The maximum absolute atomic E-state index is 12.6. The van der Waals surface area contributed by atoms with Crippen LogP contribution in [0.1, 0.15) is 30.1 Å². The van der Waals surface area contributed by atoms with Crippen LogP contribution in [0.5, 0.6) is 0 Å². The van der Waals surface area contributed by atoms with Gasteiger partial charge in [0.1, 0.15) is 0 Å². The molecule has 0 radical (unpaired) electrons. The fraction of sp³-hybridized carbons (Fsp3) is 0.333. The van der Waals surface area contributed by atoms with E-state index < -0.39 is 0 Å². The highest BCUT2D eigenvalue weighted by atomic mass is 16.2. The van der Waals surface area contributed by atoms with Crippen LogP contribution in [-0.4, -0.2) is 28.5 Å². The van der Waals surface area contributed by atoms with Gasteiger partial charge in [0.05, 0.1) is 5.56 Å². The van der Waals surface area contributed by atoms with E-state index in [0.717, 1.165) is 12.2 Å². The van der Waals surface area contributed by atoms with Crippen molar-refractivity contribution in [3.05, 3.63) is 64.6 Å². The molecule has 0 unspecified atom stereocenters. The monoisotopic (exact) mass is 296 g/mol. The first-order valence-electron chi connectivity index (χ1n) is 7.76. The molecule has 1 saturated carbocycles. The van der Waals surface area contributed by atoms with Gasteiger partial charge in [-0.25, -0.2) is 0 Å². The molecule has 0 N–H and O–H groups in total. The number of para-hydroxylation sites is 1. The average molecular weight is 296 g/mol. The molecule has 1 aliphatic rings. The van der Waals surface area contributed by atoms with Crippen molar-refractivity contribution in [2.75, 3.05) is 13.1 Å². The van der Waals surface area contributed by atoms with Gasteiger partial charge >= 0.3 is 0 Å². The molecular weight excluding hydrogens is 276 g/mol.